The molecule has 0 aliphatic rings. The van der Waals surface area contributed by atoms with Crippen LogP contribution >= 0.6 is 23.2 Å². The second-order valence-corrected chi connectivity index (χ2v) is 5.10. The second-order valence-electron chi connectivity index (χ2n) is 4.22. The molecule has 5 nitrogen and oxygen atoms in total. The molecular weight excluding hydrogens is 277 g/mol. The number of amidine groups is 1. The first-order valence-corrected chi connectivity index (χ1v) is 5.78. The first kappa shape index (κ1) is 14.6. The van der Waals surface area contributed by atoms with E-state index in [-0.39, 0.29) is 5.84 Å². The molecule has 0 aliphatic heterocycles. The summed E-state index contributed by atoms with van der Waals surface area (Å²) in [5, 5.41) is 14.8. The fourth-order valence-electron chi connectivity index (χ4n) is 1.23. The van der Waals surface area contributed by atoms with Crippen LogP contribution in [0.5, 0.6) is 0 Å². The Kier molecular flexibility index (Phi) is 4.43. The molecule has 0 saturated carbocycles. The molecule has 4 N–H and O–H groups in total. The van der Waals surface area contributed by atoms with Crippen molar-refractivity contribution in [1.29, 1.82) is 0 Å². The Bertz CT molecular complexity index is 481. The number of carbonyl (C=O) groups is 1. The second kappa shape index (κ2) is 5.46. The van der Waals surface area contributed by atoms with Gasteiger partial charge in [0, 0.05) is 15.6 Å². The van der Waals surface area contributed by atoms with Gasteiger partial charge in [-0.05, 0) is 32.0 Å². The van der Waals surface area contributed by atoms with Gasteiger partial charge in [0.25, 0.3) is 5.91 Å². The van der Waals surface area contributed by atoms with Crippen LogP contribution in [0.2, 0.25) is 10.0 Å². The van der Waals surface area contributed by atoms with Gasteiger partial charge in [0.1, 0.15) is 0 Å². The molecule has 0 atom stereocenters. The van der Waals surface area contributed by atoms with Gasteiger partial charge in [-0.25, -0.2) is 0 Å². The largest absolute Gasteiger partial charge is 0.409 e. The van der Waals surface area contributed by atoms with Crippen molar-refractivity contribution < 1.29 is 10.0 Å². The number of benzene rings is 1. The molecule has 1 rings (SSSR count). The molecule has 7 heteroatoms. The van der Waals surface area contributed by atoms with Gasteiger partial charge in [0.15, 0.2) is 5.84 Å². The molecule has 18 heavy (non-hydrogen) atoms. The highest BCUT2D eigenvalue weighted by molar-refractivity contribution is 6.35. The standard InChI is InChI=1S/C11H13Cl2N3O2/c1-11(2,10(14)16-18)15-9(17)6-3-7(12)5-8(13)4-6/h3-5,18H,1-2H3,(H2,14,16)(H,15,17). The molecule has 0 unspecified atom stereocenters. The molecule has 0 fully saturated rings. The van der Waals surface area contributed by atoms with Crippen LogP contribution in [0.15, 0.2) is 23.4 Å². The Balaban J connectivity index is 2.95. The number of carbonyl (C=O) groups excluding carboxylic acids is 1. The summed E-state index contributed by atoms with van der Waals surface area (Å²) in [5.41, 5.74) is 4.78. The van der Waals surface area contributed by atoms with E-state index in [0.717, 1.165) is 0 Å². The maximum Gasteiger partial charge on any atom is 0.252 e. The number of hydrogen-bond donors (Lipinski definition) is 3. The molecule has 0 radical (unpaired) electrons. The van der Waals surface area contributed by atoms with Gasteiger partial charge in [0.2, 0.25) is 0 Å². The third kappa shape index (κ3) is 3.51. The Labute approximate surface area is 115 Å². The minimum Gasteiger partial charge on any atom is -0.409 e. The quantitative estimate of drug-likeness (QED) is 0.345. The van der Waals surface area contributed by atoms with Crippen LogP contribution in [0.3, 0.4) is 0 Å². The fraction of sp³-hybridized carbons (Fsp3) is 0.273. The molecular formula is C11H13Cl2N3O2. The van der Waals surface area contributed by atoms with Crippen LogP contribution in [0.25, 0.3) is 0 Å². The first-order valence-electron chi connectivity index (χ1n) is 5.03. The van der Waals surface area contributed by atoms with Crippen molar-refractivity contribution >= 4 is 34.9 Å². The predicted octanol–water partition coefficient (Wildman–Crippen LogP) is 2.25. The minimum absolute atomic E-state index is 0.107. The van der Waals surface area contributed by atoms with Gasteiger partial charge in [0.05, 0.1) is 5.54 Å². The molecule has 0 aliphatic carbocycles. The lowest BCUT2D eigenvalue weighted by Gasteiger charge is -2.24. The third-order valence-corrected chi connectivity index (χ3v) is 2.74. The molecule has 1 aromatic rings. The lowest BCUT2D eigenvalue weighted by Crippen LogP contribution is -2.53. The summed E-state index contributed by atoms with van der Waals surface area (Å²) in [6.45, 7) is 3.21. The van der Waals surface area contributed by atoms with E-state index in [1.807, 2.05) is 0 Å². The van der Waals surface area contributed by atoms with Crippen molar-refractivity contribution in [3.05, 3.63) is 33.8 Å². The van der Waals surface area contributed by atoms with E-state index in [4.69, 9.17) is 34.1 Å². The Morgan fingerprint density at radius 3 is 2.28 bits per heavy atom. The van der Waals surface area contributed by atoms with E-state index in [1.165, 1.54) is 18.2 Å². The van der Waals surface area contributed by atoms with Gasteiger partial charge in [-0.1, -0.05) is 28.4 Å². The van der Waals surface area contributed by atoms with E-state index in [2.05, 4.69) is 10.5 Å². The van der Waals surface area contributed by atoms with Crippen molar-refractivity contribution in [2.75, 3.05) is 0 Å². The van der Waals surface area contributed by atoms with Gasteiger partial charge >= 0.3 is 0 Å². The molecule has 0 aromatic heterocycles. The van der Waals surface area contributed by atoms with Gasteiger partial charge in [-0.15, -0.1) is 0 Å². The summed E-state index contributed by atoms with van der Waals surface area (Å²) in [5.74, 6) is -0.528. The number of halogens is 2. The average molecular weight is 290 g/mol. The Morgan fingerprint density at radius 2 is 1.83 bits per heavy atom. The third-order valence-electron chi connectivity index (χ3n) is 2.30. The summed E-state index contributed by atoms with van der Waals surface area (Å²) in [6, 6.07) is 4.48. The van der Waals surface area contributed by atoms with Crippen LogP contribution in [-0.4, -0.2) is 22.5 Å². The predicted molar refractivity (Wildman–Crippen MR) is 71.4 cm³/mol. The topological polar surface area (TPSA) is 87.7 Å². The molecule has 98 valence electrons. The first-order chi connectivity index (χ1) is 8.26. The molecule has 0 spiro atoms. The van der Waals surface area contributed by atoms with Crippen molar-refractivity contribution in [3.63, 3.8) is 0 Å². The highest BCUT2D eigenvalue weighted by Crippen LogP contribution is 2.19. The molecule has 0 heterocycles. The van der Waals surface area contributed by atoms with E-state index in [0.29, 0.717) is 15.6 Å². The van der Waals surface area contributed by atoms with Crippen molar-refractivity contribution in [2.45, 2.75) is 19.4 Å². The Hall–Kier alpha value is -1.46. The smallest absolute Gasteiger partial charge is 0.252 e. The van der Waals surface area contributed by atoms with E-state index in [9.17, 15) is 4.79 Å². The van der Waals surface area contributed by atoms with E-state index >= 15 is 0 Å². The van der Waals surface area contributed by atoms with E-state index < -0.39 is 11.4 Å². The van der Waals surface area contributed by atoms with Crippen LogP contribution in [0.1, 0.15) is 24.2 Å². The highest BCUT2D eigenvalue weighted by Gasteiger charge is 2.26. The number of oxime groups is 1. The van der Waals surface area contributed by atoms with E-state index in [1.54, 1.807) is 13.8 Å². The van der Waals surface area contributed by atoms with Crippen molar-refractivity contribution in [1.82, 2.24) is 5.32 Å². The van der Waals surface area contributed by atoms with Crippen LogP contribution < -0.4 is 11.1 Å². The molecule has 0 bridgehead atoms. The van der Waals surface area contributed by atoms with Crippen LogP contribution in [0, 0.1) is 0 Å². The lowest BCUT2D eigenvalue weighted by molar-refractivity contribution is 0.0931. The zero-order chi connectivity index (χ0) is 13.9. The number of nitrogens with zero attached hydrogens (tertiary/aromatic N) is 1. The normalized spacial score (nSPS) is 12.3. The number of nitrogens with two attached hydrogens (primary N) is 1. The summed E-state index contributed by atoms with van der Waals surface area (Å²) >= 11 is 11.6. The summed E-state index contributed by atoms with van der Waals surface area (Å²) < 4.78 is 0. The highest BCUT2D eigenvalue weighted by atomic mass is 35.5. The summed E-state index contributed by atoms with van der Waals surface area (Å²) in [6.07, 6.45) is 0. The van der Waals surface area contributed by atoms with Crippen molar-refractivity contribution in [2.24, 2.45) is 10.9 Å². The average Bonchev–Trinajstić information content (AvgIpc) is 2.25. The zero-order valence-electron chi connectivity index (χ0n) is 9.87. The van der Waals surface area contributed by atoms with Gasteiger partial charge < -0.3 is 16.3 Å². The van der Waals surface area contributed by atoms with Crippen LogP contribution in [-0.2, 0) is 0 Å². The maximum absolute atomic E-state index is 12.0. The Morgan fingerprint density at radius 1 is 1.33 bits per heavy atom. The van der Waals surface area contributed by atoms with Gasteiger partial charge in [-0.2, -0.15) is 0 Å². The maximum atomic E-state index is 12.0. The number of rotatable bonds is 3. The lowest BCUT2D eigenvalue weighted by atomic mass is 10.0. The zero-order valence-corrected chi connectivity index (χ0v) is 11.4. The van der Waals surface area contributed by atoms with Crippen LogP contribution in [0.4, 0.5) is 0 Å². The number of nitrogens with one attached hydrogen (secondary N) is 1. The summed E-state index contributed by atoms with van der Waals surface area (Å²) in [4.78, 5) is 12.0. The molecule has 1 aromatic carbocycles. The SMILES string of the molecule is CC(C)(NC(=O)c1cc(Cl)cc(Cl)c1)/C(N)=N/O. The fourth-order valence-corrected chi connectivity index (χ4v) is 1.76. The monoisotopic (exact) mass is 289 g/mol. The molecule has 1 amide bonds. The molecule has 0 saturated heterocycles. The van der Waals surface area contributed by atoms with Gasteiger partial charge in [-0.3, -0.25) is 4.79 Å². The minimum atomic E-state index is -0.985. The summed E-state index contributed by atoms with van der Waals surface area (Å²) in [7, 11) is 0. The number of hydrogen-bond acceptors (Lipinski definition) is 3. The van der Waals surface area contributed by atoms with Crippen molar-refractivity contribution in [3.8, 4) is 0 Å². The number of amides is 1.